The Morgan fingerprint density at radius 1 is 1.32 bits per heavy atom. The van der Waals surface area contributed by atoms with Crippen molar-refractivity contribution in [3.8, 4) is 0 Å². The number of sulfone groups is 1. The van der Waals surface area contributed by atoms with Crippen LogP contribution in [0, 0.1) is 5.92 Å². The van der Waals surface area contributed by atoms with E-state index in [1.807, 2.05) is 0 Å². The summed E-state index contributed by atoms with van der Waals surface area (Å²) >= 11 is 0. The monoisotopic (exact) mass is 281 g/mol. The molecule has 19 heavy (non-hydrogen) atoms. The van der Waals surface area contributed by atoms with Crippen LogP contribution in [-0.2, 0) is 22.7 Å². The molecule has 0 amide bonds. The van der Waals surface area contributed by atoms with Crippen molar-refractivity contribution < 1.29 is 8.42 Å². The van der Waals surface area contributed by atoms with Crippen molar-refractivity contribution >= 4 is 9.84 Å². The number of benzene rings is 1. The van der Waals surface area contributed by atoms with Crippen LogP contribution >= 0.6 is 0 Å². The van der Waals surface area contributed by atoms with E-state index in [9.17, 15) is 8.42 Å². The van der Waals surface area contributed by atoms with E-state index in [4.69, 9.17) is 5.73 Å². The molecule has 2 rings (SSSR count). The molecule has 0 saturated carbocycles. The van der Waals surface area contributed by atoms with Gasteiger partial charge in [0.2, 0.25) is 0 Å². The first-order valence-electron chi connectivity index (χ1n) is 6.96. The van der Waals surface area contributed by atoms with Crippen LogP contribution in [0.3, 0.4) is 0 Å². The lowest BCUT2D eigenvalue weighted by Crippen LogP contribution is -2.34. The molecule has 106 valence electrons. The molecule has 2 atom stereocenters. The summed E-state index contributed by atoms with van der Waals surface area (Å²) in [5, 5.41) is 0. The summed E-state index contributed by atoms with van der Waals surface area (Å²) in [6.45, 7) is 0. The van der Waals surface area contributed by atoms with E-state index >= 15 is 0 Å². The van der Waals surface area contributed by atoms with Gasteiger partial charge < -0.3 is 5.73 Å². The lowest BCUT2D eigenvalue weighted by atomic mass is 9.79. The number of hydrogen-bond donors (Lipinski definition) is 1. The molecule has 0 aromatic heterocycles. The van der Waals surface area contributed by atoms with E-state index < -0.39 is 9.84 Å². The van der Waals surface area contributed by atoms with Gasteiger partial charge in [0, 0.05) is 18.1 Å². The first-order valence-corrected chi connectivity index (χ1v) is 9.02. The molecular formula is C15H23NO2S. The summed E-state index contributed by atoms with van der Waals surface area (Å²) in [7, 11) is -2.85. The maximum absolute atomic E-state index is 11.1. The summed E-state index contributed by atoms with van der Waals surface area (Å²) in [5.74, 6) is 0.749. The van der Waals surface area contributed by atoms with E-state index in [0.717, 1.165) is 25.7 Å². The van der Waals surface area contributed by atoms with E-state index in [-0.39, 0.29) is 11.8 Å². The number of aryl methyl sites for hydroxylation is 1. The lowest BCUT2D eigenvalue weighted by Gasteiger charge is -2.29. The first kappa shape index (κ1) is 14.5. The molecule has 0 aliphatic heterocycles. The van der Waals surface area contributed by atoms with Gasteiger partial charge in [0.05, 0.1) is 0 Å². The van der Waals surface area contributed by atoms with Gasteiger partial charge in [-0.25, -0.2) is 8.42 Å². The second-order valence-electron chi connectivity index (χ2n) is 5.71. The van der Waals surface area contributed by atoms with Crippen molar-refractivity contribution in [1.29, 1.82) is 0 Å². The Labute approximate surface area is 116 Å². The molecule has 1 aromatic rings. The van der Waals surface area contributed by atoms with E-state index in [1.54, 1.807) is 0 Å². The third kappa shape index (κ3) is 4.32. The number of fused-ring (bicyclic) bond motifs is 1. The molecule has 0 heterocycles. The van der Waals surface area contributed by atoms with Crippen molar-refractivity contribution in [3.63, 3.8) is 0 Å². The van der Waals surface area contributed by atoms with E-state index in [0.29, 0.717) is 12.3 Å². The second-order valence-corrected chi connectivity index (χ2v) is 7.97. The fourth-order valence-electron chi connectivity index (χ4n) is 2.91. The van der Waals surface area contributed by atoms with E-state index in [2.05, 4.69) is 24.3 Å². The van der Waals surface area contributed by atoms with Gasteiger partial charge in [-0.2, -0.15) is 0 Å². The topological polar surface area (TPSA) is 60.2 Å². The van der Waals surface area contributed by atoms with Crippen molar-refractivity contribution in [2.24, 2.45) is 11.7 Å². The van der Waals surface area contributed by atoms with Crippen LogP contribution in [0.5, 0.6) is 0 Å². The molecule has 0 bridgehead atoms. The Morgan fingerprint density at radius 2 is 2.00 bits per heavy atom. The zero-order chi connectivity index (χ0) is 13.9. The highest BCUT2D eigenvalue weighted by Crippen LogP contribution is 2.28. The fourth-order valence-corrected chi connectivity index (χ4v) is 3.60. The first-order chi connectivity index (χ1) is 8.96. The maximum atomic E-state index is 11.1. The molecular weight excluding hydrogens is 258 g/mol. The van der Waals surface area contributed by atoms with Crippen molar-refractivity contribution in [3.05, 3.63) is 35.4 Å². The molecule has 2 unspecified atom stereocenters. The molecule has 2 N–H and O–H groups in total. The molecule has 0 saturated heterocycles. The summed E-state index contributed by atoms with van der Waals surface area (Å²) in [4.78, 5) is 0. The van der Waals surface area contributed by atoms with Gasteiger partial charge in [0.25, 0.3) is 0 Å². The summed E-state index contributed by atoms with van der Waals surface area (Å²) in [6.07, 6.45) is 6.03. The average molecular weight is 281 g/mol. The molecule has 1 aromatic carbocycles. The third-order valence-corrected chi connectivity index (χ3v) is 5.07. The average Bonchev–Trinajstić information content (AvgIpc) is 2.36. The van der Waals surface area contributed by atoms with Crippen LogP contribution in [0.25, 0.3) is 0 Å². The normalized spacial score (nSPS) is 20.8. The van der Waals surface area contributed by atoms with Gasteiger partial charge in [0.15, 0.2) is 0 Å². The minimum Gasteiger partial charge on any atom is -0.327 e. The molecule has 0 fully saturated rings. The highest BCUT2D eigenvalue weighted by atomic mass is 32.2. The molecule has 4 heteroatoms. The van der Waals surface area contributed by atoms with Gasteiger partial charge in [-0.3, -0.25) is 0 Å². The number of hydrogen-bond acceptors (Lipinski definition) is 3. The Hall–Kier alpha value is -0.870. The van der Waals surface area contributed by atoms with Gasteiger partial charge in [-0.15, -0.1) is 0 Å². The van der Waals surface area contributed by atoms with Crippen molar-refractivity contribution in [2.75, 3.05) is 12.0 Å². The number of rotatable bonds is 5. The lowest BCUT2D eigenvalue weighted by molar-refractivity contribution is 0.357. The van der Waals surface area contributed by atoms with Crippen LogP contribution < -0.4 is 5.73 Å². The predicted molar refractivity (Wildman–Crippen MR) is 78.9 cm³/mol. The fraction of sp³-hybridized carbons (Fsp3) is 0.600. The zero-order valence-corrected chi connectivity index (χ0v) is 12.3. The SMILES string of the molecule is CS(=O)(=O)CCCC(N)C1CCc2ccccc2C1. The largest absolute Gasteiger partial charge is 0.327 e. The highest BCUT2D eigenvalue weighted by molar-refractivity contribution is 7.90. The Morgan fingerprint density at radius 3 is 2.68 bits per heavy atom. The van der Waals surface area contributed by atoms with Crippen LogP contribution in [0.1, 0.15) is 30.4 Å². The Bertz CT molecular complexity index is 525. The summed E-state index contributed by atoms with van der Waals surface area (Å²) in [5.41, 5.74) is 9.10. The molecule has 3 nitrogen and oxygen atoms in total. The maximum Gasteiger partial charge on any atom is 0.147 e. The van der Waals surface area contributed by atoms with Crippen LogP contribution in [0.4, 0.5) is 0 Å². The van der Waals surface area contributed by atoms with Gasteiger partial charge in [-0.1, -0.05) is 24.3 Å². The summed E-state index contributed by atoms with van der Waals surface area (Å²) in [6, 6.07) is 8.67. The quantitative estimate of drug-likeness (QED) is 0.897. The van der Waals surface area contributed by atoms with Crippen LogP contribution in [0.15, 0.2) is 24.3 Å². The van der Waals surface area contributed by atoms with Crippen LogP contribution in [0.2, 0.25) is 0 Å². The molecule has 1 aliphatic carbocycles. The molecule has 0 spiro atoms. The van der Waals surface area contributed by atoms with Crippen molar-refractivity contribution in [2.45, 2.75) is 38.1 Å². The highest BCUT2D eigenvalue weighted by Gasteiger charge is 2.23. The van der Waals surface area contributed by atoms with Gasteiger partial charge in [-0.05, 0) is 49.1 Å². The minimum absolute atomic E-state index is 0.120. The van der Waals surface area contributed by atoms with Crippen LogP contribution in [-0.4, -0.2) is 26.5 Å². The van der Waals surface area contributed by atoms with Gasteiger partial charge in [0.1, 0.15) is 9.84 Å². The summed E-state index contributed by atoms with van der Waals surface area (Å²) < 4.78 is 22.2. The standard InChI is InChI=1S/C15H23NO2S/c1-19(17,18)10-4-7-15(16)14-9-8-12-5-2-3-6-13(12)11-14/h2-3,5-6,14-15H,4,7-11,16H2,1H3. The van der Waals surface area contributed by atoms with Gasteiger partial charge >= 0.3 is 0 Å². The Kier molecular flexibility index (Phi) is 4.63. The minimum atomic E-state index is -2.85. The smallest absolute Gasteiger partial charge is 0.147 e. The van der Waals surface area contributed by atoms with E-state index in [1.165, 1.54) is 17.4 Å². The zero-order valence-electron chi connectivity index (χ0n) is 11.5. The second kappa shape index (κ2) is 6.06. The number of nitrogens with two attached hydrogens (primary N) is 1. The predicted octanol–water partition coefficient (Wildman–Crippen LogP) is 1.94. The molecule has 1 aliphatic rings. The third-order valence-electron chi connectivity index (χ3n) is 4.04. The Balaban J connectivity index is 1.87. The van der Waals surface area contributed by atoms with Crippen molar-refractivity contribution in [1.82, 2.24) is 0 Å². The molecule has 0 radical (unpaired) electrons.